The predicted octanol–water partition coefficient (Wildman–Crippen LogP) is 2.46. The summed E-state index contributed by atoms with van der Waals surface area (Å²) in [5.41, 5.74) is 0.325. The Morgan fingerprint density at radius 1 is 1.27 bits per heavy atom. The van der Waals surface area contributed by atoms with Gasteiger partial charge in [0.15, 0.2) is 0 Å². The van der Waals surface area contributed by atoms with E-state index >= 15 is 0 Å². The molecule has 22 heavy (non-hydrogen) atoms. The molecule has 5 heteroatoms. The maximum absolute atomic E-state index is 12.7. The molecule has 1 aromatic rings. The van der Waals surface area contributed by atoms with Crippen LogP contribution in [0, 0.1) is 0 Å². The van der Waals surface area contributed by atoms with Crippen LogP contribution in [0.5, 0.6) is 5.75 Å². The highest BCUT2D eigenvalue weighted by Gasteiger charge is 2.39. The lowest BCUT2D eigenvalue weighted by atomic mass is 9.88. The first kappa shape index (κ1) is 14.9. The number of hydrogen-bond acceptors (Lipinski definition) is 3. The number of aliphatic carboxylic acids is 1. The van der Waals surface area contributed by atoms with Gasteiger partial charge in [0.25, 0.3) is 0 Å². The number of benzene rings is 1. The molecule has 0 radical (unpaired) electrons. The van der Waals surface area contributed by atoms with Crippen LogP contribution in [-0.2, 0) is 9.59 Å². The summed E-state index contributed by atoms with van der Waals surface area (Å²) in [4.78, 5) is 23.9. The van der Waals surface area contributed by atoms with Crippen molar-refractivity contribution in [3.05, 3.63) is 29.8 Å². The molecule has 118 valence electrons. The number of rotatable bonds is 4. The summed E-state index contributed by atoms with van der Waals surface area (Å²) >= 11 is 0. The fourth-order valence-corrected chi connectivity index (χ4v) is 3.65. The molecule has 1 unspecified atom stereocenters. The first-order valence-electron chi connectivity index (χ1n) is 7.85. The van der Waals surface area contributed by atoms with Crippen LogP contribution < -0.4 is 10.1 Å². The maximum atomic E-state index is 12.7. The fraction of sp³-hybridized carbons (Fsp3) is 0.529. The van der Waals surface area contributed by atoms with Crippen molar-refractivity contribution in [3.63, 3.8) is 0 Å². The van der Waals surface area contributed by atoms with Crippen molar-refractivity contribution in [1.82, 2.24) is 5.32 Å². The second-order valence-corrected chi connectivity index (χ2v) is 6.27. The Bertz CT molecular complexity index is 578. The van der Waals surface area contributed by atoms with Crippen molar-refractivity contribution in [3.8, 4) is 5.75 Å². The number of fused-ring (bicyclic) bond motifs is 1. The third-order valence-corrected chi connectivity index (χ3v) is 4.71. The van der Waals surface area contributed by atoms with E-state index in [1.807, 2.05) is 24.3 Å². The summed E-state index contributed by atoms with van der Waals surface area (Å²) in [7, 11) is 0. The van der Waals surface area contributed by atoms with Gasteiger partial charge in [-0.3, -0.25) is 9.59 Å². The summed E-state index contributed by atoms with van der Waals surface area (Å²) in [6.07, 6.45) is 4.07. The zero-order chi connectivity index (χ0) is 15.6. The van der Waals surface area contributed by atoms with E-state index in [2.05, 4.69) is 5.32 Å². The van der Waals surface area contributed by atoms with Crippen molar-refractivity contribution in [2.75, 3.05) is 6.61 Å². The monoisotopic (exact) mass is 303 g/mol. The SMILES string of the molecule is O=C(O)CC1(NC(=O)C2CCOc3ccccc32)CCCC1. The molecule has 1 atom stereocenters. The van der Waals surface area contributed by atoms with Gasteiger partial charge in [-0.25, -0.2) is 0 Å². The quantitative estimate of drug-likeness (QED) is 0.896. The Hall–Kier alpha value is -2.04. The number of hydrogen-bond donors (Lipinski definition) is 2. The number of carbonyl (C=O) groups excluding carboxylic acids is 1. The Kier molecular flexibility index (Phi) is 4.05. The van der Waals surface area contributed by atoms with E-state index in [0.717, 1.165) is 37.0 Å². The molecule has 1 aliphatic carbocycles. The lowest BCUT2D eigenvalue weighted by molar-refractivity contribution is -0.139. The van der Waals surface area contributed by atoms with Gasteiger partial charge in [-0.05, 0) is 25.3 Å². The normalized spacial score (nSPS) is 22.5. The molecule has 2 aliphatic rings. The lowest BCUT2D eigenvalue weighted by Crippen LogP contribution is -2.49. The molecule has 1 fully saturated rings. The average Bonchev–Trinajstić information content (AvgIpc) is 2.93. The van der Waals surface area contributed by atoms with Crippen LogP contribution >= 0.6 is 0 Å². The van der Waals surface area contributed by atoms with E-state index in [1.54, 1.807) is 0 Å². The predicted molar refractivity (Wildman–Crippen MR) is 80.9 cm³/mol. The Morgan fingerprint density at radius 2 is 2.00 bits per heavy atom. The Balaban J connectivity index is 1.78. The molecular weight excluding hydrogens is 282 g/mol. The molecule has 1 saturated carbocycles. The van der Waals surface area contributed by atoms with Gasteiger partial charge in [0, 0.05) is 5.56 Å². The van der Waals surface area contributed by atoms with Crippen LogP contribution in [0.3, 0.4) is 0 Å². The van der Waals surface area contributed by atoms with Crippen LogP contribution in [0.1, 0.15) is 50.0 Å². The van der Waals surface area contributed by atoms with Gasteiger partial charge in [0.1, 0.15) is 5.75 Å². The molecule has 0 saturated heterocycles. The molecule has 2 N–H and O–H groups in total. The lowest BCUT2D eigenvalue weighted by Gasteiger charge is -2.32. The molecule has 1 aliphatic heterocycles. The summed E-state index contributed by atoms with van der Waals surface area (Å²) < 4.78 is 5.59. The fourth-order valence-electron chi connectivity index (χ4n) is 3.65. The molecule has 1 amide bonds. The number of carbonyl (C=O) groups is 2. The van der Waals surface area contributed by atoms with Gasteiger partial charge in [-0.15, -0.1) is 0 Å². The first-order chi connectivity index (χ1) is 10.6. The van der Waals surface area contributed by atoms with Crippen molar-refractivity contribution in [1.29, 1.82) is 0 Å². The van der Waals surface area contributed by atoms with E-state index in [0.29, 0.717) is 13.0 Å². The van der Waals surface area contributed by atoms with Gasteiger partial charge in [0.05, 0.1) is 24.5 Å². The van der Waals surface area contributed by atoms with Crippen molar-refractivity contribution in [2.24, 2.45) is 0 Å². The molecule has 5 nitrogen and oxygen atoms in total. The van der Waals surface area contributed by atoms with Gasteiger partial charge in [-0.1, -0.05) is 31.0 Å². The average molecular weight is 303 g/mol. The van der Waals surface area contributed by atoms with E-state index in [4.69, 9.17) is 9.84 Å². The topological polar surface area (TPSA) is 75.6 Å². The molecular formula is C17H21NO4. The summed E-state index contributed by atoms with van der Waals surface area (Å²) in [6, 6.07) is 7.58. The molecule has 3 rings (SSSR count). The minimum absolute atomic E-state index is 0.00358. The van der Waals surface area contributed by atoms with Crippen molar-refractivity contribution < 1.29 is 19.4 Å². The van der Waals surface area contributed by atoms with Gasteiger partial charge >= 0.3 is 5.97 Å². The standard InChI is InChI=1S/C17H21NO4/c19-15(20)11-17(8-3-4-9-17)18-16(21)13-7-10-22-14-6-2-1-5-12(13)14/h1-2,5-6,13H,3-4,7-11H2,(H,18,21)(H,19,20). The number of ether oxygens (including phenoxy) is 1. The zero-order valence-electron chi connectivity index (χ0n) is 12.5. The highest BCUT2D eigenvalue weighted by Crippen LogP contribution is 2.37. The Morgan fingerprint density at radius 3 is 2.73 bits per heavy atom. The van der Waals surface area contributed by atoms with Crippen molar-refractivity contribution >= 4 is 11.9 Å². The van der Waals surface area contributed by atoms with E-state index in [-0.39, 0.29) is 18.2 Å². The van der Waals surface area contributed by atoms with Crippen LogP contribution in [-0.4, -0.2) is 29.1 Å². The number of nitrogens with one attached hydrogen (secondary N) is 1. The molecule has 0 spiro atoms. The van der Waals surface area contributed by atoms with Crippen LogP contribution in [0.15, 0.2) is 24.3 Å². The molecule has 0 bridgehead atoms. The first-order valence-corrected chi connectivity index (χ1v) is 7.85. The van der Waals surface area contributed by atoms with E-state index < -0.39 is 11.5 Å². The zero-order valence-corrected chi connectivity index (χ0v) is 12.5. The molecule has 1 heterocycles. The van der Waals surface area contributed by atoms with E-state index in [9.17, 15) is 9.59 Å². The smallest absolute Gasteiger partial charge is 0.305 e. The van der Waals surface area contributed by atoms with Crippen LogP contribution in [0.4, 0.5) is 0 Å². The van der Waals surface area contributed by atoms with E-state index in [1.165, 1.54) is 0 Å². The summed E-state index contributed by atoms with van der Waals surface area (Å²) in [5.74, 6) is -0.419. The maximum Gasteiger partial charge on any atom is 0.305 e. The molecule has 1 aromatic carbocycles. The largest absolute Gasteiger partial charge is 0.493 e. The van der Waals surface area contributed by atoms with Crippen LogP contribution in [0.25, 0.3) is 0 Å². The number of carboxylic acids is 1. The Labute approximate surface area is 129 Å². The molecule has 0 aromatic heterocycles. The second kappa shape index (κ2) is 5.99. The highest BCUT2D eigenvalue weighted by atomic mass is 16.5. The minimum atomic E-state index is -0.852. The number of amides is 1. The highest BCUT2D eigenvalue weighted by molar-refractivity contribution is 5.86. The third-order valence-electron chi connectivity index (χ3n) is 4.71. The number of carboxylic acid groups (broad SMARTS) is 1. The van der Waals surface area contributed by atoms with Crippen molar-refractivity contribution in [2.45, 2.75) is 50.0 Å². The third kappa shape index (κ3) is 2.93. The summed E-state index contributed by atoms with van der Waals surface area (Å²) in [5, 5.41) is 12.2. The number of para-hydroxylation sites is 1. The van der Waals surface area contributed by atoms with Gasteiger partial charge < -0.3 is 15.2 Å². The van der Waals surface area contributed by atoms with Crippen LogP contribution in [0.2, 0.25) is 0 Å². The van der Waals surface area contributed by atoms with Gasteiger partial charge in [0.2, 0.25) is 5.91 Å². The minimum Gasteiger partial charge on any atom is -0.493 e. The van der Waals surface area contributed by atoms with Gasteiger partial charge in [-0.2, -0.15) is 0 Å². The second-order valence-electron chi connectivity index (χ2n) is 6.27. The summed E-state index contributed by atoms with van der Waals surface area (Å²) in [6.45, 7) is 0.515.